The lowest BCUT2D eigenvalue weighted by molar-refractivity contribution is -0.0512. The van der Waals surface area contributed by atoms with Crippen LogP contribution in [0.15, 0.2) is 53.6 Å². The number of alkyl halides is 2. The van der Waals surface area contributed by atoms with Crippen LogP contribution < -0.4 is 18.9 Å². The molecule has 1 heterocycles. The third-order valence-corrected chi connectivity index (χ3v) is 4.07. The van der Waals surface area contributed by atoms with E-state index in [1.807, 2.05) is 12.1 Å². The maximum Gasteiger partial charge on any atom is 0.387 e. The highest BCUT2D eigenvalue weighted by Gasteiger charge is 2.15. The highest BCUT2D eigenvalue weighted by molar-refractivity contribution is 5.60. The number of nitrogens with zero attached hydrogens (tertiary/aromatic N) is 2. The van der Waals surface area contributed by atoms with Gasteiger partial charge in [-0.1, -0.05) is 17.3 Å². The van der Waals surface area contributed by atoms with E-state index in [4.69, 9.17) is 18.7 Å². The molecule has 0 radical (unpaired) electrons. The zero-order valence-electron chi connectivity index (χ0n) is 16.4. The molecule has 0 saturated heterocycles. The van der Waals surface area contributed by atoms with Crippen molar-refractivity contribution < 1.29 is 32.3 Å². The van der Waals surface area contributed by atoms with E-state index in [1.165, 1.54) is 25.3 Å². The molecule has 0 amide bonds. The number of hydrogen-bond donors (Lipinski definition) is 0. The third kappa shape index (κ3) is 5.05. The lowest BCUT2D eigenvalue weighted by Gasteiger charge is -2.10. The summed E-state index contributed by atoms with van der Waals surface area (Å²) < 4.78 is 50.7. The van der Waals surface area contributed by atoms with Gasteiger partial charge in [0.25, 0.3) is 5.89 Å². The highest BCUT2D eigenvalue weighted by atomic mass is 19.3. The van der Waals surface area contributed by atoms with Crippen molar-refractivity contribution in [3.05, 3.63) is 60.5 Å². The lowest BCUT2D eigenvalue weighted by atomic mass is 10.1. The van der Waals surface area contributed by atoms with Gasteiger partial charge in [-0.2, -0.15) is 13.8 Å². The molecule has 0 spiro atoms. The van der Waals surface area contributed by atoms with Crippen LogP contribution in [-0.4, -0.2) is 31.0 Å². The fourth-order valence-electron chi connectivity index (χ4n) is 2.70. The lowest BCUT2D eigenvalue weighted by Crippen LogP contribution is -2.03. The average Bonchev–Trinajstić information content (AvgIpc) is 3.22. The summed E-state index contributed by atoms with van der Waals surface area (Å²) in [6.07, 6.45) is 2.52. The number of aromatic nitrogens is 2. The Bertz CT molecular complexity index is 1010. The Morgan fingerprint density at radius 1 is 1.03 bits per heavy atom. The molecule has 3 aromatic rings. The average molecular weight is 418 g/mol. The minimum absolute atomic E-state index is 0.0217. The molecule has 0 atom stereocenters. The summed E-state index contributed by atoms with van der Waals surface area (Å²) >= 11 is 0. The van der Waals surface area contributed by atoms with Crippen molar-refractivity contribution in [2.75, 3.05) is 14.2 Å². The van der Waals surface area contributed by atoms with Gasteiger partial charge in [0.15, 0.2) is 29.6 Å². The van der Waals surface area contributed by atoms with Crippen molar-refractivity contribution in [3.8, 4) is 34.4 Å². The Balaban J connectivity index is 1.72. The molecule has 7 nitrogen and oxygen atoms in total. The van der Waals surface area contributed by atoms with Gasteiger partial charge in [0.2, 0.25) is 5.82 Å². The zero-order chi connectivity index (χ0) is 21.5. The van der Waals surface area contributed by atoms with Gasteiger partial charge >= 0.3 is 6.61 Å². The summed E-state index contributed by atoms with van der Waals surface area (Å²) in [5.74, 6) is 1.63. The van der Waals surface area contributed by atoms with Crippen molar-refractivity contribution in [1.82, 2.24) is 10.1 Å². The number of hydrogen-bond acceptors (Lipinski definition) is 7. The van der Waals surface area contributed by atoms with E-state index in [0.29, 0.717) is 23.5 Å². The van der Waals surface area contributed by atoms with E-state index in [0.717, 1.165) is 5.56 Å². The monoisotopic (exact) mass is 418 g/mol. The molecule has 2 aromatic carbocycles. The van der Waals surface area contributed by atoms with E-state index in [2.05, 4.69) is 21.5 Å². The summed E-state index contributed by atoms with van der Waals surface area (Å²) in [6, 6.07) is 9.93. The SMILES string of the molecule is C=CCc1ccc(OCc2nc(-c3ccc(OC(F)F)c(OC)c3)no2)c(OC)c1. The number of rotatable bonds is 10. The van der Waals surface area contributed by atoms with E-state index in [9.17, 15) is 8.78 Å². The number of methoxy groups -OCH3 is 2. The molecular formula is C21H20F2N2O5. The number of ether oxygens (including phenoxy) is 4. The van der Waals surface area contributed by atoms with Gasteiger partial charge < -0.3 is 23.5 Å². The van der Waals surface area contributed by atoms with Crippen LogP contribution in [0.25, 0.3) is 11.4 Å². The van der Waals surface area contributed by atoms with E-state index >= 15 is 0 Å². The molecule has 0 unspecified atom stereocenters. The van der Waals surface area contributed by atoms with E-state index in [-0.39, 0.29) is 29.8 Å². The summed E-state index contributed by atoms with van der Waals surface area (Å²) in [5.41, 5.74) is 1.55. The molecular weight excluding hydrogens is 398 g/mol. The van der Waals surface area contributed by atoms with Crippen molar-refractivity contribution in [2.24, 2.45) is 0 Å². The van der Waals surface area contributed by atoms with Crippen LogP contribution in [-0.2, 0) is 13.0 Å². The summed E-state index contributed by atoms with van der Waals surface area (Å²) in [5, 5.41) is 3.89. The number of allylic oxidation sites excluding steroid dienone is 1. The number of halogens is 2. The largest absolute Gasteiger partial charge is 0.493 e. The first kappa shape index (κ1) is 21.1. The van der Waals surface area contributed by atoms with Crippen LogP contribution in [0.3, 0.4) is 0 Å². The van der Waals surface area contributed by atoms with Crippen LogP contribution in [0, 0.1) is 0 Å². The quantitative estimate of drug-likeness (QED) is 0.443. The van der Waals surface area contributed by atoms with Crippen molar-refractivity contribution in [1.29, 1.82) is 0 Å². The molecule has 0 aliphatic heterocycles. The fraction of sp³-hybridized carbons (Fsp3) is 0.238. The van der Waals surface area contributed by atoms with Crippen LogP contribution >= 0.6 is 0 Å². The maximum absolute atomic E-state index is 12.5. The number of benzene rings is 2. The standard InChI is InChI=1S/C21H20F2N2O5/c1-4-5-13-6-8-15(17(10-13)26-2)28-12-19-24-20(25-30-19)14-7-9-16(29-21(22)23)18(11-14)27-3/h4,6-11,21H,1,5,12H2,2-3H3. The van der Waals surface area contributed by atoms with Crippen molar-refractivity contribution in [2.45, 2.75) is 19.6 Å². The summed E-state index contributed by atoms with van der Waals surface area (Å²) in [7, 11) is 2.90. The second-order valence-electron chi connectivity index (χ2n) is 6.02. The van der Waals surface area contributed by atoms with Gasteiger partial charge in [0, 0.05) is 5.56 Å². The third-order valence-electron chi connectivity index (χ3n) is 4.07. The molecule has 158 valence electrons. The Labute approximate surface area is 171 Å². The van der Waals surface area contributed by atoms with Crippen LogP contribution in [0.4, 0.5) is 8.78 Å². The minimum Gasteiger partial charge on any atom is -0.493 e. The molecule has 0 aliphatic carbocycles. The van der Waals surface area contributed by atoms with Crippen LogP contribution in [0.5, 0.6) is 23.0 Å². The van der Waals surface area contributed by atoms with E-state index in [1.54, 1.807) is 19.3 Å². The van der Waals surface area contributed by atoms with Gasteiger partial charge in [0.05, 0.1) is 14.2 Å². The first-order valence-corrected chi connectivity index (χ1v) is 8.90. The molecule has 0 bridgehead atoms. The summed E-state index contributed by atoms with van der Waals surface area (Å²) in [4.78, 5) is 4.26. The predicted octanol–water partition coefficient (Wildman–Crippen LogP) is 4.66. The molecule has 30 heavy (non-hydrogen) atoms. The van der Waals surface area contributed by atoms with Gasteiger partial charge in [0.1, 0.15) is 0 Å². The zero-order valence-corrected chi connectivity index (χ0v) is 16.4. The van der Waals surface area contributed by atoms with Gasteiger partial charge in [-0.05, 0) is 42.3 Å². The first-order valence-electron chi connectivity index (χ1n) is 8.90. The molecule has 9 heteroatoms. The molecule has 1 aromatic heterocycles. The van der Waals surface area contributed by atoms with Gasteiger partial charge in [-0.15, -0.1) is 6.58 Å². The van der Waals surface area contributed by atoms with Crippen molar-refractivity contribution >= 4 is 0 Å². The van der Waals surface area contributed by atoms with E-state index < -0.39 is 6.61 Å². The Hall–Kier alpha value is -3.62. The highest BCUT2D eigenvalue weighted by Crippen LogP contribution is 2.33. The Morgan fingerprint density at radius 2 is 1.77 bits per heavy atom. The second kappa shape index (κ2) is 9.73. The molecule has 0 aliphatic rings. The molecule has 0 saturated carbocycles. The fourth-order valence-corrected chi connectivity index (χ4v) is 2.70. The topological polar surface area (TPSA) is 75.8 Å². The molecule has 0 N–H and O–H groups in total. The second-order valence-corrected chi connectivity index (χ2v) is 6.02. The van der Waals surface area contributed by atoms with Gasteiger partial charge in [-0.25, -0.2) is 0 Å². The Morgan fingerprint density at radius 3 is 2.47 bits per heavy atom. The Kier molecular flexibility index (Phi) is 6.84. The molecule has 3 rings (SSSR count). The predicted molar refractivity (Wildman–Crippen MR) is 104 cm³/mol. The summed E-state index contributed by atoms with van der Waals surface area (Å²) in [6.45, 7) is 0.782. The van der Waals surface area contributed by atoms with Crippen LogP contribution in [0.1, 0.15) is 11.5 Å². The minimum atomic E-state index is -2.96. The van der Waals surface area contributed by atoms with Crippen LogP contribution in [0.2, 0.25) is 0 Å². The smallest absolute Gasteiger partial charge is 0.387 e. The normalized spacial score (nSPS) is 10.7. The first-order chi connectivity index (χ1) is 14.5. The van der Waals surface area contributed by atoms with Gasteiger partial charge in [-0.3, -0.25) is 0 Å². The van der Waals surface area contributed by atoms with Crippen molar-refractivity contribution in [3.63, 3.8) is 0 Å². The molecule has 0 fully saturated rings. The maximum atomic E-state index is 12.5.